The van der Waals surface area contributed by atoms with E-state index in [0.717, 1.165) is 6.42 Å². The Morgan fingerprint density at radius 1 is 1.12 bits per heavy atom. The molecule has 0 radical (unpaired) electrons. The van der Waals surface area contributed by atoms with E-state index in [9.17, 15) is 4.79 Å². The van der Waals surface area contributed by atoms with Gasteiger partial charge in [0.15, 0.2) is 0 Å². The second-order valence-corrected chi connectivity index (χ2v) is 8.79. The summed E-state index contributed by atoms with van der Waals surface area (Å²) >= 11 is 3.43. The average molecular weight is 304 g/mol. The van der Waals surface area contributed by atoms with Crippen LogP contribution in [-0.4, -0.2) is 16.3 Å². The monoisotopic (exact) mass is 303 g/mol. The number of hydrogen-bond donors (Lipinski definition) is 1. The number of rotatable bonds is 2. The predicted octanol–water partition coefficient (Wildman–Crippen LogP) is 3.88. The molecule has 1 aliphatic carbocycles. The molecule has 17 heavy (non-hydrogen) atoms. The third kappa shape index (κ3) is 4.27. The third-order valence-electron chi connectivity index (χ3n) is 3.73. The standard InChI is InChI=1S/C14H26BrNO/c1-13(2,3)10-8-6-7-9-11(10)16-12(17)14(4,5)15/h10-11H,6-9H2,1-5H3,(H,16,17). The Kier molecular flexibility index (Phi) is 4.67. The highest BCUT2D eigenvalue weighted by Gasteiger charge is 2.36. The normalized spacial score (nSPS) is 26.7. The second-order valence-electron chi connectivity index (χ2n) is 6.81. The molecule has 0 spiro atoms. The maximum atomic E-state index is 12.0. The van der Waals surface area contributed by atoms with Crippen LogP contribution in [0.2, 0.25) is 0 Å². The van der Waals surface area contributed by atoms with E-state index in [1.807, 2.05) is 13.8 Å². The number of halogens is 1. The molecule has 0 aliphatic heterocycles. The van der Waals surface area contributed by atoms with Crippen LogP contribution in [0.4, 0.5) is 0 Å². The van der Waals surface area contributed by atoms with Crippen LogP contribution in [0.15, 0.2) is 0 Å². The number of carbonyl (C=O) groups is 1. The van der Waals surface area contributed by atoms with Crippen molar-refractivity contribution in [1.82, 2.24) is 5.32 Å². The highest BCUT2D eigenvalue weighted by Crippen LogP contribution is 2.38. The SMILES string of the molecule is CC(C)(Br)C(=O)NC1CCCCC1C(C)(C)C. The van der Waals surface area contributed by atoms with Crippen LogP contribution in [0.5, 0.6) is 0 Å². The number of hydrogen-bond acceptors (Lipinski definition) is 1. The van der Waals surface area contributed by atoms with E-state index in [2.05, 4.69) is 42.0 Å². The summed E-state index contributed by atoms with van der Waals surface area (Å²) in [5.74, 6) is 0.702. The van der Waals surface area contributed by atoms with Gasteiger partial charge in [-0.2, -0.15) is 0 Å². The average Bonchev–Trinajstić information content (AvgIpc) is 2.15. The molecule has 0 saturated heterocycles. The minimum absolute atomic E-state index is 0.110. The van der Waals surface area contributed by atoms with E-state index in [0.29, 0.717) is 12.0 Å². The lowest BCUT2D eigenvalue weighted by atomic mass is 9.69. The maximum Gasteiger partial charge on any atom is 0.236 e. The summed E-state index contributed by atoms with van der Waals surface area (Å²) < 4.78 is -0.465. The summed E-state index contributed by atoms with van der Waals surface area (Å²) in [6.07, 6.45) is 4.89. The van der Waals surface area contributed by atoms with Crippen molar-refractivity contribution in [2.75, 3.05) is 0 Å². The molecular formula is C14H26BrNO. The van der Waals surface area contributed by atoms with Crippen molar-refractivity contribution in [1.29, 1.82) is 0 Å². The molecule has 1 saturated carbocycles. The first-order chi connectivity index (χ1) is 7.62. The minimum atomic E-state index is -0.465. The van der Waals surface area contributed by atoms with Gasteiger partial charge < -0.3 is 5.32 Å². The first-order valence-corrected chi connectivity index (χ1v) is 7.41. The smallest absolute Gasteiger partial charge is 0.236 e. The van der Waals surface area contributed by atoms with Crippen LogP contribution in [0.1, 0.15) is 60.3 Å². The van der Waals surface area contributed by atoms with Gasteiger partial charge in [-0.15, -0.1) is 0 Å². The van der Waals surface area contributed by atoms with Gasteiger partial charge in [0.2, 0.25) is 5.91 Å². The zero-order valence-electron chi connectivity index (χ0n) is 11.8. The minimum Gasteiger partial charge on any atom is -0.352 e. The quantitative estimate of drug-likeness (QED) is 0.771. The van der Waals surface area contributed by atoms with Crippen LogP contribution in [0.3, 0.4) is 0 Å². The molecule has 1 rings (SSSR count). The molecule has 0 heterocycles. The second kappa shape index (κ2) is 5.29. The van der Waals surface area contributed by atoms with Crippen LogP contribution < -0.4 is 5.32 Å². The Morgan fingerprint density at radius 3 is 2.12 bits per heavy atom. The topological polar surface area (TPSA) is 29.1 Å². The Morgan fingerprint density at radius 2 is 1.65 bits per heavy atom. The fourth-order valence-corrected chi connectivity index (χ4v) is 2.79. The van der Waals surface area contributed by atoms with Crippen molar-refractivity contribution >= 4 is 21.8 Å². The molecule has 1 amide bonds. The third-order valence-corrected chi connectivity index (χ3v) is 4.09. The Labute approximate surface area is 114 Å². The lowest BCUT2D eigenvalue weighted by Crippen LogP contribution is -2.50. The van der Waals surface area contributed by atoms with Crippen molar-refractivity contribution in [3.8, 4) is 0 Å². The lowest BCUT2D eigenvalue weighted by Gasteiger charge is -2.41. The fourth-order valence-electron chi connectivity index (χ4n) is 2.68. The number of carbonyl (C=O) groups excluding carboxylic acids is 1. The molecule has 1 N–H and O–H groups in total. The van der Waals surface area contributed by atoms with Crippen LogP contribution >= 0.6 is 15.9 Å². The maximum absolute atomic E-state index is 12.0. The van der Waals surface area contributed by atoms with Gasteiger partial charge >= 0.3 is 0 Å². The Bertz CT molecular complexity index is 275. The van der Waals surface area contributed by atoms with Gasteiger partial charge in [-0.3, -0.25) is 4.79 Å². The summed E-state index contributed by atoms with van der Waals surface area (Å²) in [5, 5.41) is 3.23. The zero-order valence-corrected chi connectivity index (χ0v) is 13.4. The molecule has 2 unspecified atom stereocenters. The Hall–Kier alpha value is -0.0500. The van der Waals surface area contributed by atoms with Crippen molar-refractivity contribution in [2.24, 2.45) is 11.3 Å². The highest BCUT2D eigenvalue weighted by molar-refractivity contribution is 9.10. The van der Waals surface area contributed by atoms with E-state index in [-0.39, 0.29) is 11.3 Å². The van der Waals surface area contributed by atoms with Crippen molar-refractivity contribution < 1.29 is 4.79 Å². The zero-order chi connectivity index (χ0) is 13.3. The molecule has 1 aliphatic rings. The van der Waals surface area contributed by atoms with Gasteiger partial charge in [-0.05, 0) is 38.0 Å². The number of nitrogens with one attached hydrogen (secondary N) is 1. The molecule has 0 aromatic rings. The molecule has 100 valence electrons. The predicted molar refractivity (Wildman–Crippen MR) is 76.3 cm³/mol. The summed E-state index contributed by atoms with van der Waals surface area (Å²) in [5.41, 5.74) is 0.273. The van der Waals surface area contributed by atoms with E-state index in [1.54, 1.807) is 0 Å². The van der Waals surface area contributed by atoms with Gasteiger partial charge in [0.1, 0.15) is 0 Å². The van der Waals surface area contributed by atoms with Crippen molar-refractivity contribution in [2.45, 2.75) is 70.7 Å². The number of alkyl halides is 1. The molecule has 0 aromatic heterocycles. The van der Waals surface area contributed by atoms with Gasteiger partial charge in [0.05, 0.1) is 4.32 Å². The first kappa shape index (κ1) is 15.0. The van der Waals surface area contributed by atoms with Gasteiger partial charge in [0.25, 0.3) is 0 Å². The highest BCUT2D eigenvalue weighted by atomic mass is 79.9. The molecule has 3 heteroatoms. The fraction of sp³-hybridized carbons (Fsp3) is 0.929. The Balaban J connectivity index is 2.70. The summed E-state index contributed by atoms with van der Waals surface area (Å²) in [7, 11) is 0. The molecule has 0 aromatic carbocycles. The largest absolute Gasteiger partial charge is 0.352 e. The van der Waals surface area contributed by atoms with Crippen molar-refractivity contribution in [3.63, 3.8) is 0 Å². The lowest BCUT2D eigenvalue weighted by molar-refractivity contribution is -0.124. The summed E-state index contributed by atoms with van der Waals surface area (Å²) in [4.78, 5) is 12.0. The van der Waals surface area contributed by atoms with Crippen LogP contribution in [0.25, 0.3) is 0 Å². The van der Waals surface area contributed by atoms with Crippen LogP contribution in [-0.2, 0) is 4.79 Å². The molecule has 1 fully saturated rings. The van der Waals surface area contributed by atoms with E-state index >= 15 is 0 Å². The summed E-state index contributed by atoms with van der Waals surface area (Å²) in [6.45, 7) is 10.6. The first-order valence-electron chi connectivity index (χ1n) is 6.62. The van der Waals surface area contributed by atoms with E-state index in [1.165, 1.54) is 19.3 Å². The van der Waals surface area contributed by atoms with Gasteiger partial charge in [0, 0.05) is 6.04 Å². The van der Waals surface area contributed by atoms with Gasteiger partial charge in [-0.1, -0.05) is 49.5 Å². The molecule has 2 atom stereocenters. The number of amides is 1. The van der Waals surface area contributed by atoms with Gasteiger partial charge in [-0.25, -0.2) is 0 Å². The molecule has 0 bridgehead atoms. The van der Waals surface area contributed by atoms with Crippen molar-refractivity contribution in [3.05, 3.63) is 0 Å². The van der Waals surface area contributed by atoms with E-state index in [4.69, 9.17) is 0 Å². The molecular weight excluding hydrogens is 278 g/mol. The summed E-state index contributed by atoms with van der Waals surface area (Å²) in [6, 6.07) is 0.341. The van der Waals surface area contributed by atoms with Crippen LogP contribution in [0, 0.1) is 11.3 Å². The van der Waals surface area contributed by atoms with E-state index < -0.39 is 4.32 Å². The molecule has 2 nitrogen and oxygen atoms in total.